The van der Waals surface area contributed by atoms with Crippen molar-refractivity contribution in [3.63, 3.8) is 0 Å². The average molecular weight is 301 g/mol. The van der Waals surface area contributed by atoms with Gasteiger partial charge in [0.05, 0.1) is 19.4 Å². The molecule has 2 N–H and O–H groups in total. The number of carbonyl (C=O) groups excluding carboxylic acids is 1. The van der Waals surface area contributed by atoms with Crippen molar-refractivity contribution in [2.75, 3.05) is 18.5 Å². The first-order chi connectivity index (χ1) is 10.7. The van der Waals surface area contributed by atoms with E-state index in [9.17, 15) is 4.79 Å². The summed E-state index contributed by atoms with van der Waals surface area (Å²) in [6.07, 6.45) is 1.46. The maximum atomic E-state index is 11.6. The van der Waals surface area contributed by atoms with Crippen LogP contribution in [0.25, 0.3) is 0 Å². The van der Waals surface area contributed by atoms with E-state index in [0.29, 0.717) is 12.4 Å². The average Bonchev–Trinajstić information content (AvgIpc) is 2.92. The van der Waals surface area contributed by atoms with E-state index >= 15 is 0 Å². The minimum Gasteiger partial charge on any atom is -0.494 e. The van der Waals surface area contributed by atoms with E-state index in [4.69, 9.17) is 9.15 Å². The van der Waals surface area contributed by atoms with E-state index in [1.165, 1.54) is 6.21 Å². The first-order valence-corrected chi connectivity index (χ1v) is 7.02. The lowest BCUT2D eigenvalue weighted by Crippen LogP contribution is -2.25. The van der Waals surface area contributed by atoms with E-state index < -0.39 is 0 Å². The van der Waals surface area contributed by atoms with Gasteiger partial charge in [-0.25, -0.2) is 5.43 Å². The number of benzene rings is 1. The van der Waals surface area contributed by atoms with Gasteiger partial charge in [0.25, 0.3) is 5.91 Å². The first-order valence-electron chi connectivity index (χ1n) is 7.02. The first kappa shape index (κ1) is 15.6. The fourth-order valence-electron chi connectivity index (χ4n) is 1.75. The van der Waals surface area contributed by atoms with Crippen LogP contribution in [-0.2, 0) is 4.79 Å². The number of carbonyl (C=O) groups is 1. The van der Waals surface area contributed by atoms with Gasteiger partial charge < -0.3 is 14.5 Å². The Morgan fingerprint density at radius 3 is 2.68 bits per heavy atom. The number of nitrogens with one attached hydrogen (secondary N) is 2. The second-order valence-electron chi connectivity index (χ2n) is 4.55. The highest BCUT2D eigenvalue weighted by atomic mass is 16.5. The van der Waals surface area contributed by atoms with Crippen molar-refractivity contribution in [1.29, 1.82) is 0 Å². The number of anilines is 1. The molecule has 0 spiro atoms. The van der Waals surface area contributed by atoms with Gasteiger partial charge in [-0.3, -0.25) is 4.79 Å². The Morgan fingerprint density at radius 2 is 2.05 bits per heavy atom. The summed E-state index contributed by atoms with van der Waals surface area (Å²) < 4.78 is 10.6. The van der Waals surface area contributed by atoms with Crippen LogP contribution in [0.1, 0.15) is 18.4 Å². The molecule has 6 heteroatoms. The molecule has 2 aromatic rings. The van der Waals surface area contributed by atoms with Crippen molar-refractivity contribution in [2.24, 2.45) is 5.10 Å². The summed E-state index contributed by atoms with van der Waals surface area (Å²) in [6, 6.07) is 11.0. The monoisotopic (exact) mass is 301 g/mol. The minimum absolute atomic E-state index is 0.127. The highest BCUT2D eigenvalue weighted by Crippen LogP contribution is 2.15. The summed E-state index contributed by atoms with van der Waals surface area (Å²) in [7, 11) is 0. The number of hydrogen-bond acceptors (Lipinski definition) is 5. The lowest BCUT2D eigenvalue weighted by Gasteiger charge is -2.07. The third-order valence-corrected chi connectivity index (χ3v) is 2.76. The van der Waals surface area contributed by atoms with Gasteiger partial charge >= 0.3 is 0 Å². The molecule has 0 radical (unpaired) electrons. The van der Waals surface area contributed by atoms with Crippen molar-refractivity contribution in [3.8, 4) is 5.75 Å². The summed E-state index contributed by atoms with van der Waals surface area (Å²) in [6.45, 7) is 4.53. The molecule has 22 heavy (non-hydrogen) atoms. The summed E-state index contributed by atoms with van der Waals surface area (Å²) in [5, 5.41) is 6.83. The number of amides is 1. The quantitative estimate of drug-likeness (QED) is 0.608. The Bertz CT molecular complexity index is 632. The van der Waals surface area contributed by atoms with Crippen molar-refractivity contribution in [3.05, 3.63) is 47.9 Å². The smallest absolute Gasteiger partial charge is 0.259 e. The highest BCUT2D eigenvalue weighted by molar-refractivity contribution is 5.83. The number of hydrazone groups is 1. The van der Waals surface area contributed by atoms with Gasteiger partial charge in [0.15, 0.2) is 0 Å². The van der Waals surface area contributed by atoms with Crippen LogP contribution in [0.4, 0.5) is 5.69 Å². The molecule has 0 aliphatic rings. The summed E-state index contributed by atoms with van der Waals surface area (Å²) in [5.74, 6) is 1.95. The molecule has 1 heterocycles. The van der Waals surface area contributed by atoms with E-state index in [-0.39, 0.29) is 12.5 Å². The summed E-state index contributed by atoms with van der Waals surface area (Å²) >= 11 is 0. The van der Waals surface area contributed by atoms with Gasteiger partial charge in [0.1, 0.15) is 17.3 Å². The van der Waals surface area contributed by atoms with Gasteiger partial charge in [0, 0.05) is 5.69 Å². The molecule has 2 rings (SSSR count). The van der Waals surface area contributed by atoms with Gasteiger partial charge in [-0.1, -0.05) is 0 Å². The zero-order valence-electron chi connectivity index (χ0n) is 12.6. The predicted octanol–water partition coefficient (Wildman–Crippen LogP) is 2.55. The normalized spacial score (nSPS) is 10.6. The van der Waals surface area contributed by atoms with E-state index in [0.717, 1.165) is 17.2 Å². The molecule has 0 bridgehead atoms. The molecular weight excluding hydrogens is 282 g/mol. The number of aryl methyl sites for hydroxylation is 1. The Hall–Kier alpha value is -2.76. The number of hydrogen-bond donors (Lipinski definition) is 2. The van der Waals surface area contributed by atoms with Crippen LogP contribution in [0.5, 0.6) is 5.75 Å². The van der Waals surface area contributed by atoms with Crippen LogP contribution in [0.15, 0.2) is 45.9 Å². The standard InChI is InChI=1S/C16H19N3O3/c1-3-21-14-8-5-13(6-9-14)17-11-16(20)19-18-10-15-7-4-12(2)22-15/h4-10,17H,3,11H2,1-2H3,(H,19,20)/b18-10+. The van der Waals surface area contributed by atoms with Crippen LogP contribution in [-0.4, -0.2) is 25.3 Å². The molecule has 6 nitrogen and oxygen atoms in total. The Morgan fingerprint density at radius 1 is 1.27 bits per heavy atom. The largest absolute Gasteiger partial charge is 0.494 e. The van der Waals surface area contributed by atoms with E-state index in [1.54, 1.807) is 6.07 Å². The van der Waals surface area contributed by atoms with E-state index in [1.807, 2.05) is 44.2 Å². The third kappa shape index (κ3) is 4.97. The van der Waals surface area contributed by atoms with E-state index in [2.05, 4.69) is 15.8 Å². The van der Waals surface area contributed by atoms with Crippen molar-refractivity contribution >= 4 is 17.8 Å². The topological polar surface area (TPSA) is 75.9 Å². The van der Waals surface area contributed by atoms with Crippen molar-refractivity contribution in [1.82, 2.24) is 5.43 Å². The molecule has 0 fully saturated rings. The summed E-state index contributed by atoms with van der Waals surface area (Å²) in [4.78, 5) is 11.6. The Kier molecular flexibility index (Phi) is 5.59. The number of nitrogens with zero attached hydrogens (tertiary/aromatic N) is 1. The molecule has 1 aromatic heterocycles. The molecule has 0 aliphatic heterocycles. The van der Waals surface area contributed by atoms with Crippen LogP contribution in [0.3, 0.4) is 0 Å². The van der Waals surface area contributed by atoms with Gasteiger partial charge in [-0.05, 0) is 50.2 Å². The molecule has 0 saturated heterocycles. The SMILES string of the molecule is CCOc1ccc(NCC(=O)N/N=C/c2ccc(C)o2)cc1. The fourth-order valence-corrected chi connectivity index (χ4v) is 1.75. The lowest BCUT2D eigenvalue weighted by molar-refractivity contribution is -0.119. The molecule has 116 valence electrons. The Balaban J connectivity index is 1.74. The number of ether oxygens (including phenoxy) is 1. The zero-order chi connectivity index (χ0) is 15.8. The van der Waals surface area contributed by atoms with Gasteiger partial charge in [0.2, 0.25) is 0 Å². The maximum Gasteiger partial charge on any atom is 0.259 e. The van der Waals surface area contributed by atoms with Crippen LogP contribution >= 0.6 is 0 Å². The van der Waals surface area contributed by atoms with Crippen molar-refractivity contribution < 1.29 is 13.9 Å². The second-order valence-corrected chi connectivity index (χ2v) is 4.55. The molecule has 1 amide bonds. The number of rotatable bonds is 7. The predicted molar refractivity (Wildman–Crippen MR) is 85.3 cm³/mol. The molecule has 0 unspecified atom stereocenters. The highest BCUT2D eigenvalue weighted by Gasteiger charge is 2.00. The van der Waals surface area contributed by atoms with Gasteiger partial charge in [-0.15, -0.1) is 0 Å². The van der Waals surface area contributed by atoms with Crippen LogP contribution in [0.2, 0.25) is 0 Å². The number of furan rings is 1. The molecule has 1 aromatic carbocycles. The zero-order valence-corrected chi connectivity index (χ0v) is 12.6. The molecule has 0 atom stereocenters. The third-order valence-electron chi connectivity index (χ3n) is 2.76. The fraction of sp³-hybridized carbons (Fsp3) is 0.250. The minimum atomic E-state index is -0.242. The van der Waals surface area contributed by atoms with Gasteiger partial charge in [-0.2, -0.15) is 5.10 Å². The second kappa shape index (κ2) is 7.87. The maximum absolute atomic E-state index is 11.6. The van der Waals surface area contributed by atoms with Crippen molar-refractivity contribution in [2.45, 2.75) is 13.8 Å². The molecule has 0 aliphatic carbocycles. The molecular formula is C16H19N3O3. The van der Waals surface area contributed by atoms with Crippen LogP contribution < -0.4 is 15.5 Å². The lowest BCUT2D eigenvalue weighted by atomic mass is 10.3. The van der Waals surface area contributed by atoms with Crippen LogP contribution in [0, 0.1) is 6.92 Å². The Labute approximate surface area is 129 Å². The summed E-state index contributed by atoms with van der Waals surface area (Å²) in [5.41, 5.74) is 3.26. The molecule has 0 saturated carbocycles.